The van der Waals surface area contributed by atoms with Crippen molar-refractivity contribution in [2.75, 3.05) is 5.43 Å². The number of rotatable bonds is 4. The van der Waals surface area contributed by atoms with Crippen LogP contribution in [0.2, 0.25) is 0 Å². The minimum absolute atomic E-state index is 0.0117. The van der Waals surface area contributed by atoms with Gasteiger partial charge in [0.05, 0.1) is 10.5 Å². The number of aryl methyl sites for hydroxylation is 1. The summed E-state index contributed by atoms with van der Waals surface area (Å²) in [6.45, 7) is 1.73. The Morgan fingerprint density at radius 3 is 2.39 bits per heavy atom. The van der Waals surface area contributed by atoms with Crippen LogP contribution in [-0.4, -0.2) is 13.4 Å². The van der Waals surface area contributed by atoms with Crippen molar-refractivity contribution in [2.45, 2.75) is 18.0 Å². The van der Waals surface area contributed by atoms with Crippen LogP contribution in [0.4, 0.5) is 19.0 Å². The second-order valence-corrected chi connectivity index (χ2v) is 7.11. The fourth-order valence-electron chi connectivity index (χ4n) is 1.60. The van der Waals surface area contributed by atoms with Crippen LogP contribution >= 0.6 is 15.9 Å². The number of halogens is 4. The van der Waals surface area contributed by atoms with Crippen molar-refractivity contribution in [3.05, 3.63) is 52.1 Å². The molecule has 0 saturated heterocycles. The van der Waals surface area contributed by atoms with Crippen LogP contribution in [0.25, 0.3) is 0 Å². The summed E-state index contributed by atoms with van der Waals surface area (Å²) in [7, 11) is -3.88. The Morgan fingerprint density at radius 1 is 1.17 bits per heavy atom. The summed E-state index contributed by atoms with van der Waals surface area (Å²) in [5.41, 5.74) is 2.07. The molecule has 0 radical (unpaired) electrons. The Bertz CT molecular complexity index is 808. The summed E-state index contributed by atoms with van der Waals surface area (Å²) in [4.78, 5) is 5.58. The number of nitrogens with one attached hydrogen (secondary N) is 2. The zero-order valence-corrected chi connectivity index (χ0v) is 14.1. The highest BCUT2D eigenvalue weighted by atomic mass is 79.9. The van der Waals surface area contributed by atoms with E-state index in [1.165, 1.54) is 12.1 Å². The van der Waals surface area contributed by atoms with E-state index in [-0.39, 0.29) is 10.7 Å². The molecule has 2 aromatic rings. The van der Waals surface area contributed by atoms with Gasteiger partial charge in [-0.25, -0.2) is 13.4 Å². The van der Waals surface area contributed by atoms with Crippen LogP contribution in [0.3, 0.4) is 0 Å². The molecule has 2 rings (SSSR count). The van der Waals surface area contributed by atoms with E-state index in [2.05, 4.69) is 31.2 Å². The molecule has 0 bridgehead atoms. The maximum Gasteiger partial charge on any atom is 0.417 e. The van der Waals surface area contributed by atoms with Gasteiger partial charge in [0.2, 0.25) is 0 Å². The molecule has 1 aromatic carbocycles. The molecular formula is C13H11BrF3N3O2S. The van der Waals surface area contributed by atoms with Gasteiger partial charge in [0.15, 0.2) is 0 Å². The van der Waals surface area contributed by atoms with Crippen molar-refractivity contribution in [1.29, 1.82) is 0 Å². The minimum Gasteiger partial charge on any atom is -0.292 e. The molecule has 5 nitrogen and oxygen atoms in total. The smallest absolute Gasteiger partial charge is 0.292 e. The summed E-state index contributed by atoms with van der Waals surface area (Å²) in [6.07, 6.45) is -3.89. The Morgan fingerprint density at radius 2 is 1.87 bits per heavy atom. The van der Waals surface area contributed by atoms with Crippen LogP contribution in [0.1, 0.15) is 11.1 Å². The van der Waals surface area contributed by atoms with Crippen molar-refractivity contribution >= 4 is 31.8 Å². The highest BCUT2D eigenvalue weighted by molar-refractivity contribution is 9.10. The highest BCUT2D eigenvalue weighted by Crippen LogP contribution is 2.28. The molecule has 0 amide bonds. The van der Waals surface area contributed by atoms with Crippen molar-refractivity contribution in [3.63, 3.8) is 0 Å². The molecule has 124 valence electrons. The molecule has 0 unspecified atom stereocenters. The maximum absolute atomic E-state index is 12.4. The second-order valence-electron chi connectivity index (χ2n) is 4.57. The summed E-state index contributed by atoms with van der Waals surface area (Å²) >= 11 is 3.26. The number of hydrazine groups is 1. The van der Waals surface area contributed by atoms with E-state index in [4.69, 9.17) is 0 Å². The van der Waals surface area contributed by atoms with Crippen molar-refractivity contribution < 1.29 is 21.6 Å². The minimum atomic E-state index is -4.50. The molecule has 0 saturated carbocycles. The second kappa shape index (κ2) is 6.46. The first-order valence-electron chi connectivity index (χ1n) is 6.17. The highest BCUT2D eigenvalue weighted by Gasteiger charge is 2.30. The van der Waals surface area contributed by atoms with Crippen molar-refractivity contribution in [1.82, 2.24) is 9.82 Å². The van der Waals surface area contributed by atoms with Gasteiger partial charge in [-0.3, -0.25) is 5.43 Å². The van der Waals surface area contributed by atoms with Gasteiger partial charge in [0.25, 0.3) is 10.0 Å². The quantitative estimate of drug-likeness (QED) is 0.758. The SMILES string of the molecule is Cc1cc(S(=O)(=O)NNc2ccc(C(F)(F)F)cn2)ccc1Br. The third kappa shape index (κ3) is 4.43. The van der Waals surface area contributed by atoms with Crippen LogP contribution in [0.15, 0.2) is 45.9 Å². The van der Waals surface area contributed by atoms with Gasteiger partial charge >= 0.3 is 6.18 Å². The number of nitrogens with zero attached hydrogens (tertiary/aromatic N) is 1. The van der Waals surface area contributed by atoms with Gasteiger partial charge in [-0.15, -0.1) is 4.83 Å². The lowest BCUT2D eigenvalue weighted by molar-refractivity contribution is -0.137. The van der Waals surface area contributed by atoms with Gasteiger partial charge in [-0.05, 0) is 42.8 Å². The zero-order chi connectivity index (χ0) is 17.3. The van der Waals surface area contributed by atoms with Gasteiger partial charge < -0.3 is 0 Å². The van der Waals surface area contributed by atoms with E-state index < -0.39 is 21.8 Å². The fraction of sp³-hybridized carbons (Fsp3) is 0.154. The summed E-state index contributed by atoms with van der Waals surface area (Å²) in [6, 6.07) is 6.25. The third-order valence-corrected chi connectivity index (χ3v) is 4.98. The number of aromatic nitrogens is 1. The van der Waals surface area contributed by atoms with E-state index >= 15 is 0 Å². The van der Waals surface area contributed by atoms with Crippen molar-refractivity contribution in [3.8, 4) is 0 Å². The molecule has 0 spiro atoms. The average molecular weight is 410 g/mol. The van der Waals surface area contributed by atoms with Crippen molar-refractivity contribution in [2.24, 2.45) is 0 Å². The van der Waals surface area contributed by atoms with Gasteiger partial charge in [0.1, 0.15) is 5.82 Å². The zero-order valence-electron chi connectivity index (χ0n) is 11.6. The molecule has 0 fully saturated rings. The lowest BCUT2D eigenvalue weighted by Crippen LogP contribution is -2.30. The third-order valence-electron chi connectivity index (χ3n) is 2.84. The largest absolute Gasteiger partial charge is 0.417 e. The number of hydrogen-bond acceptors (Lipinski definition) is 4. The van der Waals surface area contributed by atoms with E-state index in [0.717, 1.165) is 22.2 Å². The molecule has 0 aliphatic rings. The fourth-order valence-corrected chi connectivity index (χ4v) is 2.78. The Labute approximate surface area is 139 Å². The Balaban J connectivity index is 2.11. The number of anilines is 1. The number of benzene rings is 1. The molecule has 0 aliphatic heterocycles. The number of pyridine rings is 1. The van der Waals surface area contributed by atoms with Crippen LogP contribution in [0, 0.1) is 6.92 Å². The van der Waals surface area contributed by atoms with Crippen LogP contribution in [0.5, 0.6) is 0 Å². The first kappa shape index (κ1) is 17.7. The number of sulfonamides is 1. The van der Waals surface area contributed by atoms with E-state index in [0.29, 0.717) is 6.20 Å². The Hall–Kier alpha value is -1.65. The van der Waals surface area contributed by atoms with Crippen LogP contribution in [-0.2, 0) is 16.2 Å². The molecule has 2 N–H and O–H groups in total. The van der Waals surface area contributed by atoms with Gasteiger partial charge in [-0.1, -0.05) is 15.9 Å². The molecular weight excluding hydrogens is 399 g/mol. The molecule has 10 heteroatoms. The van der Waals surface area contributed by atoms with Crippen LogP contribution < -0.4 is 10.3 Å². The predicted octanol–water partition coefficient (Wildman–Crippen LogP) is 3.48. The summed E-state index contributed by atoms with van der Waals surface area (Å²) in [5.74, 6) is -0.0598. The monoisotopic (exact) mass is 409 g/mol. The number of alkyl halides is 3. The van der Waals surface area contributed by atoms with Gasteiger partial charge in [-0.2, -0.15) is 13.2 Å². The number of hydrogen-bond donors (Lipinski definition) is 2. The molecule has 0 aliphatic carbocycles. The average Bonchev–Trinajstić information content (AvgIpc) is 2.47. The summed E-state index contributed by atoms with van der Waals surface area (Å²) < 4.78 is 62.2. The molecule has 0 atom stereocenters. The maximum atomic E-state index is 12.4. The lowest BCUT2D eigenvalue weighted by Gasteiger charge is -2.11. The molecule has 23 heavy (non-hydrogen) atoms. The predicted molar refractivity (Wildman–Crippen MR) is 82.1 cm³/mol. The first-order valence-corrected chi connectivity index (χ1v) is 8.44. The summed E-state index contributed by atoms with van der Waals surface area (Å²) in [5, 5.41) is 0. The first-order chi connectivity index (χ1) is 10.6. The molecule has 1 aromatic heterocycles. The Kier molecular flexibility index (Phi) is 4.97. The molecule has 1 heterocycles. The van der Waals surface area contributed by atoms with Gasteiger partial charge in [0, 0.05) is 10.7 Å². The topological polar surface area (TPSA) is 71.1 Å². The van der Waals surface area contributed by atoms with E-state index in [1.54, 1.807) is 13.0 Å². The standard InChI is InChI=1S/C13H11BrF3N3O2S/c1-8-6-10(3-4-11(8)14)23(21,22)20-19-12-5-2-9(7-18-12)13(15,16)17/h2-7,20H,1H3,(H,18,19). The van der Waals surface area contributed by atoms with E-state index in [9.17, 15) is 21.6 Å². The van der Waals surface area contributed by atoms with E-state index in [1.807, 2.05) is 0 Å². The lowest BCUT2D eigenvalue weighted by atomic mass is 10.2. The normalized spacial score (nSPS) is 12.2.